The van der Waals surface area contributed by atoms with Crippen molar-refractivity contribution in [3.8, 4) is 11.5 Å². The van der Waals surface area contributed by atoms with Crippen molar-refractivity contribution in [1.29, 1.82) is 0 Å². The van der Waals surface area contributed by atoms with Crippen molar-refractivity contribution in [1.82, 2.24) is 15.2 Å². The summed E-state index contributed by atoms with van der Waals surface area (Å²) in [5.74, 6) is 1.24. The molecule has 5 rings (SSSR count). The Balaban J connectivity index is 1.34. The highest BCUT2D eigenvalue weighted by Gasteiger charge is 2.37. The summed E-state index contributed by atoms with van der Waals surface area (Å²) in [6.45, 7) is 14.2. The molecule has 3 heterocycles. The summed E-state index contributed by atoms with van der Waals surface area (Å²) in [5.41, 5.74) is 2.57. The predicted octanol–water partition coefficient (Wildman–Crippen LogP) is 3.87. The third-order valence-corrected chi connectivity index (χ3v) is 7.23. The fourth-order valence-electron chi connectivity index (χ4n) is 5.51. The number of H-pyrrole nitrogens is 1. The number of ether oxygens (including phenoxy) is 4. The number of nitrogens with one attached hydrogen (secondary N) is 2. The van der Waals surface area contributed by atoms with Crippen molar-refractivity contribution in [2.75, 3.05) is 59.3 Å². The second-order valence-corrected chi connectivity index (χ2v) is 11.2. The Morgan fingerprint density at radius 3 is 1.84 bits per heavy atom. The molecule has 2 aromatic carbocycles. The van der Waals surface area contributed by atoms with Gasteiger partial charge in [-0.2, -0.15) is 0 Å². The van der Waals surface area contributed by atoms with E-state index in [1.807, 2.05) is 36.4 Å². The van der Waals surface area contributed by atoms with E-state index in [0.717, 1.165) is 19.6 Å². The average Bonchev–Trinajstić information content (AvgIpc) is 3.08. The zero-order chi connectivity index (χ0) is 26.8. The number of hydrogen-bond acceptors (Lipinski definition) is 7. The summed E-state index contributed by atoms with van der Waals surface area (Å²) in [5, 5.41) is 4.88. The van der Waals surface area contributed by atoms with Crippen molar-refractivity contribution >= 4 is 21.8 Å². The quantitative estimate of drug-likeness (QED) is 0.391. The molecule has 38 heavy (non-hydrogen) atoms. The molecule has 0 radical (unpaired) electrons. The van der Waals surface area contributed by atoms with Gasteiger partial charge in [-0.05, 0) is 57.5 Å². The zero-order valence-corrected chi connectivity index (χ0v) is 22.9. The molecule has 2 aliphatic rings. The first-order valence-electron chi connectivity index (χ1n) is 13.5. The summed E-state index contributed by atoms with van der Waals surface area (Å²) >= 11 is 0. The number of aromatic amines is 1. The zero-order valence-electron chi connectivity index (χ0n) is 22.9. The minimum atomic E-state index is -0.0577. The van der Waals surface area contributed by atoms with E-state index in [9.17, 15) is 4.79 Å². The molecule has 8 heteroatoms. The SMILES string of the molecule is CC1(C)C=C(CN2CCOCCOc3cccc4c(=O)c5cccc(c5[nH]c34)OCCOCC2)C(C)(C)N1. The fourth-order valence-corrected chi connectivity index (χ4v) is 5.51. The van der Waals surface area contributed by atoms with E-state index in [1.54, 1.807) is 0 Å². The predicted molar refractivity (Wildman–Crippen MR) is 151 cm³/mol. The van der Waals surface area contributed by atoms with Crippen LogP contribution in [0.2, 0.25) is 0 Å². The average molecular weight is 522 g/mol. The Morgan fingerprint density at radius 1 is 0.789 bits per heavy atom. The Hall–Kier alpha value is -2.91. The van der Waals surface area contributed by atoms with Gasteiger partial charge in [0.2, 0.25) is 0 Å². The lowest BCUT2D eigenvalue weighted by atomic mass is 9.96. The van der Waals surface area contributed by atoms with E-state index in [0.29, 0.717) is 72.9 Å². The van der Waals surface area contributed by atoms with E-state index < -0.39 is 0 Å². The lowest BCUT2D eigenvalue weighted by Gasteiger charge is -2.31. The van der Waals surface area contributed by atoms with Crippen LogP contribution in [0.3, 0.4) is 0 Å². The van der Waals surface area contributed by atoms with Crippen molar-refractivity contribution in [3.63, 3.8) is 0 Å². The molecule has 3 aromatic rings. The largest absolute Gasteiger partial charge is 0.489 e. The smallest absolute Gasteiger partial charge is 0.197 e. The van der Waals surface area contributed by atoms with Gasteiger partial charge in [-0.3, -0.25) is 15.0 Å². The molecule has 0 saturated carbocycles. The van der Waals surface area contributed by atoms with Gasteiger partial charge < -0.3 is 23.9 Å². The molecular weight excluding hydrogens is 482 g/mol. The van der Waals surface area contributed by atoms with E-state index >= 15 is 0 Å². The van der Waals surface area contributed by atoms with Crippen LogP contribution in [0.15, 0.2) is 52.8 Å². The number of benzene rings is 2. The number of nitrogens with zero attached hydrogens (tertiary/aromatic N) is 1. The van der Waals surface area contributed by atoms with Gasteiger partial charge in [0, 0.05) is 41.5 Å². The van der Waals surface area contributed by atoms with Crippen LogP contribution in [-0.2, 0) is 9.47 Å². The highest BCUT2D eigenvalue weighted by atomic mass is 16.5. The molecule has 0 amide bonds. The summed E-state index contributed by atoms with van der Waals surface area (Å²) in [6, 6.07) is 11.1. The first-order chi connectivity index (χ1) is 18.2. The standard InChI is InChI=1S/C30H39N3O5/c1-29(2)19-21(30(3,4)32-29)20-33-11-13-35-15-17-37-24-9-5-7-22-26(24)31-27-23(28(22)34)8-6-10-25(27)38-18-16-36-14-12-33/h5-10,19,32H,11-18,20H2,1-4H3,(H,31,34). The minimum Gasteiger partial charge on any atom is -0.489 e. The van der Waals surface area contributed by atoms with Crippen LogP contribution in [0.5, 0.6) is 11.5 Å². The van der Waals surface area contributed by atoms with Gasteiger partial charge >= 0.3 is 0 Å². The summed E-state index contributed by atoms with van der Waals surface area (Å²) in [4.78, 5) is 19.0. The molecule has 0 saturated heterocycles. The normalized spacial score (nSPS) is 21.1. The number of aromatic nitrogens is 1. The van der Waals surface area contributed by atoms with Crippen molar-refractivity contribution in [2.24, 2.45) is 0 Å². The Labute approximate surface area is 223 Å². The van der Waals surface area contributed by atoms with Gasteiger partial charge in [-0.1, -0.05) is 18.2 Å². The molecular formula is C30H39N3O5. The van der Waals surface area contributed by atoms with Crippen molar-refractivity contribution in [3.05, 3.63) is 58.3 Å². The third kappa shape index (κ3) is 5.89. The van der Waals surface area contributed by atoms with Crippen LogP contribution in [0.25, 0.3) is 21.8 Å². The maximum absolute atomic E-state index is 13.2. The Morgan fingerprint density at radius 2 is 1.34 bits per heavy atom. The minimum absolute atomic E-state index is 0.0223. The molecule has 1 aromatic heterocycles. The van der Waals surface area contributed by atoms with E-state index in [4.69, 9.17) is 18.9 Å². The second-order valence-electron chi connectivity index (χ2n) is 11.2. The molecule has 2 bridgehead atoms. The second kappa shape index (κ2) is 11.1. The highest BCUT2D eigenvalue weighted by molar-refractivity contribution is 5.97. The molecule has 0 atom stereocenters. The maximum Gasteiger partial charge on any atom is 0.197 e. The van der Waals surface area contributed by atoms with Crippen LogP contribution < -0.4 is 20.2 Å². The topological polar surface area (TPSA) is 85.1 Å². The molecule has 0 spiro atoms. The lowest BCUT2D eigenvalue weighted by molar-refractivity contribution is 0.0578. The van der Waals surface area contributed by atoms with E-state index in [-0.39, 0.29) is 16.5 Å². The van der Waals surface area contributed by atoms with Gasteiger partial charge in [0.05, 0.1) is 37.5 Å². The maximum atomic E-state index is 13.2. The summed E-state index contributed by atoms with van der Waals surface area (Å²) in [6.07, 6.45) is 2.35. The Bertz CT molecular complexity index is 1300. The van der Waals surface area contributed by atoms with Gasteiger partial charge in [0.25, 0.3) is 0 Å². The van der Waals surface area contributed by atoms with Gasteiger partial charge in [-0.25, -0.2) is 0 Å². The van der Waals surface area contributed by atoms with Gasteiger partial charge in [-0.15, -0.1) is 0 Å². The molecule has 2 N–H and O–H groups in total. The third-order valence-electron chi connectivity index (χ3n) is 7.23. The van der Waals surface area contributed by atoms with Crippen LogP contribution in [-0.4, -0.2) is 80.2 Å². The Kier molecular flexibility index (Phi) is 7.77. The summed E-state index contributed by atoms with van der Waals surface area (Å²) in [7, 11) is 0. The van der Waals surface area contributed by atoms with Gasteiger partial charge in [0.1, 0.15) is 24.7 Å². The highest BCUT2D eigenvalue weighted by Crippen LogP contribution is 2.31. The molecule has 8 nitrogen and oxygen atoms in total. The van der Waals surface area contributed by atoms with Crippen LogP contribution >= 0.6 is 0 Å². The van der Waals surface area contributed by atoms with Crippen molar-refractivity contribution in [2.45, 2.75) is 38.8 Å². The number of para-hydroxylation sites is 2. The van der Waals surface area contributed by atoms with Gasteiger partial charge in [0.15, 0.2) is 5.43 Å². The molecule has 0 unspecified atom stereocenters. The first-order valence-corrected chi connectivity index (χ1v) is 13.5. The number of rotatable bonds is 2. The number of pyridine rings is 1. The van der Waals surface area contributed by atoms with Crippen LogP contribution in [0.1, 0.15) is 27.7 Å². The molecule has 2 aliphatic heterocycles. The summed E-state index contributed by atoms with van der Waals surface area (Å²) < 4.78 is 24.0. The first kappa shape index (κ1) is 26.7. The lowest BCUT2D eigenvalue weighted by Crippen LogP contribution is -2.47. The molecule has 0 aliphatic carbocycles. The monoisotopic (exact) mass is 521 g/mol. The molecule has 204 valence electrons. The van der Waals surface area contributed by atoms with Crippen LogP contribution in [0, 0.1) is 0 Å². The van der Waals surface area contributed by atoms with Crippen LogP contribution in [0.4, 0.5) is 0 Å². The molecule has 0 fully saturated rings. The number of hydrogen-bond donors (Lipinski definition) is 2. The van der Waals surface area contributed by atoms with Crippen molar-refractivity contribution < 1.29 is 18.9 Å². The van der Waals surface area contributed by atoms with E-state index in [2.05, 4.69) is 49.0 Å². The fraction of sp³-hybridized carbons (Fsp3) is 0.500. The van der Waals surface area contributed by atoms with E-state index in [1.165, 1.54) is 5.57 Å².